The molecule has 0 aliphatic rings. The summed E-state index contributed by atoms with van der Waals surface area (Å²) in [6, 6.07) is 14.0. The average Bonchev–Trinajstić information content (AvgIpc) is 2.68. The van der Waals surface area contributed by atoms with Crippen LogP contribution in [0.2, 0.25) is 5.02 Å². The molecule has 4 N–H and O–H groups in total. The van der Waals surface area contributed by atoms with E-state index in [0.29, 0.717) is 5.02 Å². The van der Waals surface area contributed by atoms with Crippen molar-refractivity contribution in [1.29, 1.82) is 0 Å². The number of aliphatic carboxylic acids is 1. The first kappa shape index (κ1) is 22.4. The van der Waals surface area contributed by atoms with Crippen LogP contribution in [0.3, 0.4) is 0 Å². The lowest BCUT2D eigenvalue weighted by atomic mass is 9.98. The van der Waals surface area contributed by atoms with Gasteiger partial charge >= 0.3 is 17.8 Å². The Morgan fingerprint density at radius 2 is 1.76 bits per heavy atom. The van der Waals surface area contributed by atoms with Crippen molar-refractivity contribution in [3.8, 4) is 11.1 Å². The maximum Gasteiger partial charge on any atom is 0.332 e. The average molecular weight is 421 g/mol. The molecule has 0 radical (unpaired) electrons. The van der Waals surface area contributed by atoms with Gasteiger partial charge in [0.15, 0.2) is 6.10 Å². The molecule has 2 aromatic rings. The number of hydrogen-bond donors (Lipinski definition) is 4. The fraction of sp³-hybridized carbons (Fsp3) is 0.250. The second kappa shape index (κ2) is 10.6. The van der Waals surface area contributed by atoms with Crippen molar-refractivity contribution < 1.29 is 29.4 Å². The van der Waals surface area contributed by atoms with Gasteiger partial charge in [-0.3, -0.25) is 14.4 Å². The van der Waals surface area contributed by atoms with Gasteiger partial charge in [0.05, 0.1) is 7.11 Å². The van der Waals surface area contributed by atoms with Crippen molar-refractivity contribution in [3.63, 3.8) is 0 Å². The van der Waals surface area contributed by atoms with E-state index in [1.165, 1.54) is 7.11 Å². The highest BCUT2D eigenvalue weighted by Gasteiger charge is 2.24. The molecule has 29 heavy (non-hydrogen) atoms. The van der Waals surface area contributed by atoms with Gasteiger partial charge in [-0.15, -0.1) is 0 Å². The van der Waals surface area contributed by atoms with Gasteiger partial charge in [0, 0.05) is 17.5 Å². The summed E-state index contributed by atoms with van der Waals surface area (Å²) in [4.78, 5) is 38.8. The molecule has 0 saturated heterocycles. The Hall–Kier alpha value is -2.94. The van der Waals surface area contributed by atoms with Crippen molar-refractivity contribution >= 4 is 29.4 Å². The maximum atomic E-state index is 11.9. The number of aliphatic hydroxyl groups is 1. The highest BCUT2D eigenvalue weighted by molar-refractivity contribution is 6.34. The number of carbonyl (C=O) groups is 3. The number of nitrogens with one attached hydrogen (secondary N) is 2. The summed E-state index contributed by atoms with van der Waals surface area (Å²) in [6.45, 7) is 0. The van der Waals surface area contributed by atoms with Gasteiger partial charge in [-0.1, -0.05) is 48.0 Å². The molecule has 2 rings (SSSR count). The van der Waals surface area contributed by atoms with Gasteiger partial charge in [0.25, 0.3) is 0 Å². The number of rotatable bonds is 8. The number of hydrogen-bond acceptors (Lipinski definition) is 5. The molecule has 154 valence electrons. The first-order chi connectivity index (χ1) is 13.8. The molecule has 2 aromatic carbocycles. The van der Waals surface area contributed by atoms with Gasteiger partial charge in [0.1, 0.15) is 0 Å². The van der Waals surface area contributed by atoms with E-state index in [9.17, 15) is 19.5 Å². The van der Waals surface area contributed by atoms with Crippen LogP contribution >= 0.6 is 11.6 Å². The second-order valence-corrected chi connectivity index (χ2v) is 6.74. The fourth-order valence-corrected chi connectivity index (χ4v) is 2.93. The van der Waals surface area contributed by atoms with E-state index in [0.717, 1.165) is 16.7 Å². The van der Waals surface area contributed by atoms with Crippen LogP contribution in [0.1, 0.15) is 12.0 Å². The van der Waals surface area contributed by atoms with Gasteiger partial charge in [-0.25, -0.2) is 10.3 Å². The molecule has 2 atom stereocenters. The van der Waals surface area contributed by atoms with Crippen molar-refractivity contribution in [2.45, 2.75) is 25.0 Å². The number of carboxylic acid groups (broad SMARTS) is 1. The van der Waals surface area contributed by atoms with Crippen molar-refractivity contribution in [2.75, 3.05) is 7.11 Å². The van der Waals surface area contributed by atoms with Crippen molar-refractivity contribution in [2.24, 2.45) is 0 Å². The van der Waals surface area contributed by atoms with E-state index in [4.69, 9.17) is 16.7 Å². The molecule has 0 spiro atoms. The summed E-state index contributed by atoms with van der Waals surface area (Å²) in [5.74, 6) is -3.44. The first-order valence-electron chi connectivity index (χ1n) is 8.69. The van der Waals surface area contributed by atoms with E-state index >= 15 is 0 Å². The van der Waals surface area contributed by atoms with E-state index in [-0.39, 0.29) is 12.8 Å². The third-order valence-electron chi connectivity index (χ3n) is 4.12. The molecule has 0 aromatic heterocycles. The maximum absolute atomic E-state index is 11.9. The van der Waals surface area contributed by atoms with Gasteiger partial charge in [0.2, 0.25) is 0 Å². The van der Waals surface area contributed by atoms with E-state index in [2.05, 4.69) is 10.2 Å². The van der Waals surface area contributed by atoms with Crippen LogP contribution in [0.4, 0.5) is 0 Å². The molecule has 0 heterocycles. The minimum atomic E-state index is -1.68. The number of carbonyl (C=O) groups excluding carboxylic acids is 2. The Kier molecular flexibility index (Phi) is 8.14. The molecule has 8 nitrogen and oxygen atoms in total. The largest absolute Gasteiger partial charge is 0.479 e. The Labute approximate surface area is 172 Å². The lowest BCUT2D eigenvalue weighted by Crippen LogP contribution is -2.46. The summed E-state index contributed by atoms with van der Waals surface area (Å²) < 4.78 is 0. The molecule has 2 amide bonds. The Balaban J connectivity index is 2.13. The lowest BCUT2D eigenvalue weighted by Gasteiger charge is -2.20. The SMILES string of the molecule is CONC(=O)C(=O)N[C@H](Cc1ccc(-c2cccc(Cl)c2)cc1)C[C@@H](O)C(=O)O. The monoisotopic (exact) mass is 420 g/mol. The van der Waals surface area contributed by atoms with Crippen LogP contribution in [0.15, 0.2) is 48.5 Å². The van der Waals surface area contributed by atoms with Crippen LogP contribution < -0.4 is 10.8 Å². The zero-order valence-corrected chi connectivity index (χ0v) is 16.3. The predicted octanol–water partition coefficient (Wildman–Crippen LogP) is 1.55. The third kappa shape index (κ3) is 6.86. The molecule has 0 unspecified atom stereocenters. The zero-order chi connectivity index (χ0) is 21.4. The second-order valence-electron chi connectivity index (χ2n) is 6.31. The molecular formula is C20H21ClN2O6. The quantitative estimate of drug-likeness (QED) is 0.379. The predicted molar refractivity (Wildman–Crippen MR) is 106 cm³/mol. The number of halogens is 1. The van der Waals surface area contributed by atoms with Crippen molar-refractivity contribution in [1.82, 2.24) is 10.8 Å². The van der Waals surface area contributed by atoms with Crippen LogP contribution in [0.5, 0.6) is 0 Å². The summed E-state index contributed by atoms with van der Waals surface area (Å²) in [5, 5.41) is 21.6. The smallest absolute Gasteiger partial charge is 0.332 e. The van der Waals surface area contributed by atoms with Gasteiger partial charge < -0.3 is 15.5 Å². The Morgan fingerprint density at radius 3 is 2.34 bits per heavy atom. The lowest BCUT2D eigenvalue weighted by molar-refractivity contribution is -0.148. The first-order valence-corrected chi connectivity index (χ1v) is 9.07. The number of aliphatic hydroxyl groups excluding tert-OH is 1. The summed E-state index contributed by atoms with van der Waals surface area (Å²) in [7, 11) is 1.18. The number of carboxylic acids is 1. The molecule has 9 heteroatoms. The molecule has 0 fully saturated rings. The number of amides is 2. The highest BCUT2D eigenvalue weighted by Crippen LogP contribution is 2.23. The van der Waals surface area contributed by atoms with Crippen molar-refractivity contribution in [3.05, 3.63) is 59.1 Å². The van der Waals surface area contributed by atoms with Gasteiger partial charge in [-0.2, -0.15) is 0 Å². The van der Waals surface area contributed by atoms with Crippen LogP contribution in [0.25, 0.3) is 11.1 Å². The molecule has 0 bridgehead atoms. The highest BCUT2D eigenvalue weighted by atomic mass is 35.5. The normalized spacial score (nSPS) is 12.7. The minimum Gasteiger partial charge on any atom is -0.479 e. The fourth-order valence-electron chi connectivity index (χ4n) is 2.74. The number of hydroxylamine groups is 1. The zero-order valence-electron chi connectivity index (χ0n) is 15.6. The molecule has 0 aliphatic carbocycles. The van der Waals surface area contributed by atoms with Crippen LogP contribution in [-0.4, -0.2) is 47.3 Å². The standard InChI is InChI=1S/C20H21ClN2O6/c1-29-23-19(26)18(25)22-16(11-17(24)20(27)28)9-12-5-7-13(8-6-12)14-3-2-4-15(21)10-14/h2-8,10,16-17,24H,9,11H2,1H3,(H,22,25)(H,23,26)(H,27,28)/t16-,17-/m1/s1. The topological polar surface area (TPSA) is 125 Å². The van der Waals surface area contributed by atoms with E-state index in [1.54, 1.807) is 6.07 Å². The summed E-state index contributed by atoms with van der Waals surface area (Å²) in [6.07, 6.45) is -1.74. The van der Waals surface area contributed by atoms with Crippen LogP contribution in [0, 0.1) is 0 Å². The van der Waals surface area contributed by atoms with E-state index in [1.807, 2.05) is 47.9 Å². The summed E-state index contributed by atoms with van der Waals surface area (Å²) in [5.41, 5.74) is 4.53. The molecule has 0 aliphatic heterocycles. The minimum absolute atomic E-state index is 0.214. The van der Waals surface area contributed by atoms with Crippen LogP contribution in [-0.2, 0) is 25.6 Å². The number of benzene rings is 2. The van der Waals surface area contributed by atoms with Gasteiger partial charge in [-0.05, 0) is 35.2 Å². The molecular weight excluding hydrogens is 400 g/mol. The third-order valence-corrected chi connectivity index (χ3v) is 4.36. The Bertz CT molecular complexity index is 872. The summed E-state index contributed by atoms with van der Waals surface area (Å²) >= 11 is 6.01. The Morgan fingerprint density at radius 1 is 1.07 bits per heavy atom. The van der Waals surface area contributed by atoms with E-state index < -0.39 is 29.9 Å². The molecule has 0 saturated carbocycles.